The molecular weight excluding hydrogens is 354 g/mol. The molecule has 0 spiro atoms. The SMILES string of the molecule is COc1ccc(CCNC(=O)NC2CCC(Oc3ccc(C)cn3)CC2)cc1. The van der Waals surface area contributed by atoms with E-state index in [0.717, 1.165) is 43.4 Å². The van der Waals surface area contributed by atoms with Crippen molar-refractivity contribution in [2.45, 2.75) is 51.2 Å². The van der Waals surface area contributed by atoms with Crippen LogP contribution in [0.5, 0.6) is 11.6 Å². The first-order valence-corrected chi connectivity index (χ1v) is 9.89. The maximum atomic E-state index is 12.1. The van der Waals surface area contributed by atoms with Crippen LogP contribution in [0, 0.1) is 6.92 Å². The Labute approximate surface area is 166 Å². The highest BCUT2D eigenvalue weighted by atomic mass is 16.5. The molecule has 1 saturated carbocycles. The molecule has 0 aliphatic heterocycles. The Morgan fingerprint density at radius 2 is 1.86 bits per heavy atom. The molecule has 28 heavy (non-hydrogen) atoms. The fraction of sp³-hybridized carbons (Fsp3) is 0.455. The van der Waals surface area contributed by atoms with Gasteiger partial charge in [0.15, 0.2) is 0 Å². The Kier molecular flexibility index (Phi) is 7.12. The van der Waals surface area contributed by atoms with Gasteiger partial charge in [0.1, 0.15) is 11.9 Å². The van der Waals surface area contributed by atoms with Gasteiger partial charge in [-0.05, 0) is 62.3 Å². The van der Waals surface area contributed by atoms with Gasteiger partial charge in [0.05, 0.1) is 7.11 Å². The maximum absolute atomic E-state index is 12.1. The average molecular weight is 383 g/mol. The lowest BCUT2D eigenvalue weighted by Crippen LogP contribution is -2.45. The highest BCUT2D eigenvalue weighted by molar-refractivity contribution is 5.74. The van der Waals surface area contributed by atoms with E-state index in [0.29, 0.717) is 12.4 Å². The quantitative estimate of drug-likeness (QED) is 0.766. The summed E-state index contributed by atoms with van der Waals surface area (Å²) < 4.78 is 11.1. The lowest BCUT2D eigenvalue weighted by atomic mass is 9.93. The summed E-state index contributed by atoms with van der Waals surface area (Å²) in [5.74, 6) is 1.52. The number of aromatic nitrogens is 1. The molecule has 1 fully saturated rings. The Morgan fingerprint density at radius 1 is 1.11 bits per heavy atom. The summed E-state index contributed by atoms with van der Waals surface area (Å²) in [6, 6.07) is 11.9. The van der Waals surface area contributed by atoms with Gasteiger partial charge in [0.25, 0.3) is 0 Å². The van der Waals surface area contributed by atoms with Crippen molar-refractivity contribution >= 4 is 6.03 Å². The minimum atomic E-state index is -0.0990. The fourth-order valence-corrected chi connectivity index (χ4v) is 3.37. The minimum absolute atomic E-state index is 0.0990. The first-order chi connectivity index (χ1) is 13.6. The van der Waals surface area contributed by atoms with Crippen molar-refractivity contribution in [3.63, 3.8) is 0 Å². The molecule has 2 amide bonds. The lowest BCUT2D eigenvalue weighted by Gasteiger charge is -2.29. The van der Waals surface area contributed by atoms with Crippen LogP contribution in [0.2, 0.25) is 0 Å². The third-order valence-corrected chi connectivity index (χ3v) is 5.04. The third kappa shape index (κ3) is 6.15. The van der Waals surface area contributed by atoms with E-state index >= 15 is 0 Å². The number of pyridine rings is 1. The van der Waals surface area contributed by atoms with Crippen LogP contribution >= 0.6 is 0 Å². The number of nitrogens with zero attached hydrogens (tertiary/aromatic N) is 1. The molecule has 1 aliphatic rings. The standard InChI is InChI=1S/C22H29N3O3/c1-16-3-12-21(24-15-16)28-20-10-6-18(7-11-20)25-22(26)23-14-13-17-4-8-19(27-2)9-5-17/h3-5,8-9,12,15,18,20H,6-7,10-11,13-14H2,1-2H3,(H2,23,25,26). The van der Waals surface area contributed by atoms with Crippen molar-refractivity contribution < 1.29 is 14.3 Å². The largest absolute Gasteiger partial charge is 0.497 e. The van der Waals surface area contributed by atoms with Crippen LogP contribution in [0.4, 0.5) is 4.79 Å². The summed E-state index contributed by atoms with van der Waals surface area (Å²) >= 11 is 0. The number of methoxy groups -OCH3 is 1. The van der Waals surface area contributed by atoms with E-state index < -0.39 is 0 Å². The highest BCUT2D eigenvalue weighted by Crippen LogP contribution is 2.23. The van der Waals surface area contributed by atoms with Gasteiger partial charge in [0.2, 0.25) is 5.88 Å². The van der Waals surface area contributed by atoms with Crippen molar-refractivity contribution in [2.24, 2.45) is 0 Å². The Hall–Kier alpha value is -2.76. The number of carbonyl (C=O) groups excluding carboxylic acids is 1. The smallest absolute Gasteiger partial charge is 0.315 e. The van der Waals surface area contributed by atoms with Crippen LogP contribution in [-0.4, -0.2) is 36.8 Å². The van der Waals surface area contributed by atoms with Crippen LogP contribution in [0.15, 0.2) is 42.6 Å². The average Bonchev–Trinajstić information content (AvgIpc) is 2.72. The topological polar surface area (TPSA) is 72.5 Å². The monoisotopic (exact) mass is 383 g/mol. The van der Waals surface area contributed by atoms with Crippen molar-refractivity contribution in [2.75, 3.05) is 13.7 Å². The number of nitrogens with one attached hydrogen (secondary N) is 2. The second-order valence-electron chi connectivity index (χ2n) is 7.26. The van der Waals surface area contributed by atoms with E-state index in [1.807, 2.05) is 49.5 Å². The molecule has 6 heteroatoms. The number of urea groups is 1. The molecule has 1 aromatic carbocycles. The van der Waals surface area contributed by atoms with Crippen LogP contribution < -0.4 is 20.1 Å². The van der Waals surface area contributed by atoms with E-state index in [1.165, 1.54) is 5.56 Å². The van der Waals surface area contributed by atoms with Gasteiger partial charge in [-0.25, -0.2) is 9.78 Å². The third-order valence-electron chi connectivity index (χ3n) is 5.04. The zero-order chi connectivity index (χ0) is 19.8. The van der Waals surface area contributed by atoms with Gasteiger partial charge >= 0.3 is 6.03 Å². The Morgan fingerprint density at radius 3 is 2.50 bits per heavy atom. The van der Waals surface area contributed by atoms with Crippen molar-refractivity contribution in [1.29, 1.82) is 0 Å². The molecule has 0 atom stereocenters. The number of carbonyl (C=O) groups is 1. The molecule has 150 valence electrons. The van der Waals surface area contributed by atoms with Crippen molar-refractivity contribution in [3.8, 4) is 11.6 Å². The van der Waals surface area contributed by atoms with Gasteiger partial charge < -0.3 is 20.1 Å². The summed E-state index contributed by atoms with van der Waals surface area (Å²) in [4.78, 5) is 16.4. The normalized spacial score (nSPS) is 18.9. The Bertz CT molecular complexity index is 739. The van der Waals surface area contributed by atoms with Crippen LogP contribution in [0.25, 0.3) is 0 Å². The summed E-state index contributed by atoms with van der Waals surface area (Å²) in [5.41, 5.74) is 2.29. The molecule has 2 N–H and O–H groups in total. The number of rotatable bonds is 7. The lowest BCUT2D eigenvalue weighted by molar-refractivity contribution is 0.135. The van der Waals surface area contributed by atoms with Crippen LogP contribution in [0.1, 0.15) is 36.8 Å². The second-order valence-corrected chi connectivity index (χ2v) is 7.26. The molecule has 2 aromatic rings. The van der Waals surface area contributed by atoms with Gasteiger partial charge in [-0.1, -0.05) is 18.2 Å². The number of ether oxygens (including phenoxy) is 2. The molecule has 1 heterocycles. The summed E-state index contributed by atoms with van der Waals surface area (Å²) in [6.45, 7) is 2.62. The second kappa shape index (κ2) is 9.97. The molecular formula is C22H29N3O3. The Balaban J connectivity index is 1.32. The zero-order valence-electron chi connectivity index (χ0n) is 16.6. The zero-order valence-corrected chi connectivity index (χ0v) is 16.6. The first-order valence-electron chi connectivity index (χ1n) is 9.89. The predicted molar refractivity (Wildman–Crippen MR) is 109 cm³/mol. The molecule has 1 aromatic heterocycles. The van der Waals surface area contributed by atoms with Gasteiger partial charge in [-0.15, -0.1) is 0 Å². The summed E-state index contributed by atoms with van der Waals surface area (Å²) in [7, 11) is 1.65. The van der Waals surface area contributed by atoms with Gasteiger partial charge in [-0.2, -0.15) is 0 Å². The molecule has 0 unspecified atom stereocenters. The highest BCUT2D eigenvalue weighted by Gasteiger charge is 2.23. The van der Waals surface area contributed by atoms with Crippen molar-refractivity contribution in [1.82, 2.24) is 15.6 Å². The number of hydrogen-bond donors (Lipinski definition) is 2. The summed E-state index contributed by atoms with van der Waals surface area (Å²) in [5, 5.41) is 6.01. The molecule has 3 rings (SSSR count). The number of amides is 2. The molecule has 0 saturated heterocycles. The van der Waals surface area contributed by atoms with E-state index in [1.54, 1.807) is 7.11 Å². The predicted octanol–water partition coefficient (Wildman–Crippen LogP) is 3.63. The van der Waals surface area contributed by atoms with Crippen LogP contribution in [0.3, 0.4) is 0 Å². The minimum Gasteiger partial charge on any atom is -0.497 e. The van der Waals surface area contributed by atoms with E-state index in [9.17, 15) is 4.79 Å². The van der Waals surface area contributed by atoms with Gasteiger partial charge in [-0.3, -0.25) is 0 Å². The van der Waals surface area contributed by atoms with Gasteiger partial charge in [0, 0.05) is 24.8 Å². The van der Waals surface area contributed by atoms with Crippen LogP contribution in [-0.2, 0) is 6.42 Å². The number of aryl methyl sites for hydroxylation is 1. The van der Waals surface area contributed by atoms with Crippen molar-refractivity contribution in [3.05, 3.63) is 53.7 Å². The molecule has 0 radical (unpaired) electrons. The molecule has 1 aliphatic carbocycles. The number of hydrogen-bond acceptors (Lipinski definition) is 4. The van der Waals surface area contributed by atoms with E-state index in [-0.39, 0.29) is 18.2 Å². The number of benzene rings is 1. The maximum Gasteiger partial charge on any atom is 0.315 e. The molecule has 6 nitrogen and oxygen atoms in total. The van der Waals surface area contributed by atoms with E-state index in [4.69, 9.17) is 9.47 Å². The fourth-order valence-electron chi connectivity index (χ4n) is 3.37. The molecule has 0 bridgehead atoms. The summed E-state index contributed by atoms with van der Waals surface area (Å²) in [6.07, 6.45) is 6.47. The first kappa shape index (κ1) is 20.0. The van der Waals surface area contributed by atoms with E-state index in [2.05, 4.69) is 15.6 Å².